The molecule has 0 bridgehead atoms. The van der Waals surface area contributed by atoms with Crippen LogP contribution in [0.3, 0.4) is 0 Å². The van der Waals surface area contributed by atoms with Gasteiger partial charge in [0.25, 0.3) is 0 Å². The molecule has 0 aliphatic carbocycles. The van der Waals surface area contributed by atoms with Crippen molar-refractivity contribution in [3.63, 3.8) is 0 Å². The van der Waals surface area contributed by atoms with E-state index in [-0.39, 0.29) is 0 Å². The summed E-state index contributed by atoms with van der Waals surface area (Å²) in [4.78, 5) is 1.62. The van der Waals surface area contributed by atoms with Crippen molar-refractivity contribution in [2.45, 2.75) is 162 Å². The Kier molecular flexibility index (Phi) is 28.2. The molecule has 0 aliphatic rings. The average Bonchev–Trinajstić information content (AvgIpc) is 2.83. The summed E-state index contributed by atoms with van der Waals surface area (Å²) in [5.41, 5.74) is 0. The minimum atomic E-state index is 0.989. The third kappa shape index (κ3) is 27.7. The SMILES string of the molecule is CCCCC/C=C\C/C=C\CCCCCCCCCC(CCCCCCCCC)CC[NH+](C)C. The van der Waals surface area contributed by atoms with Gasteiger partial charge in [0, 0.05) is 0 Å². The van der Waals surface area contributed by atoms with Gasteiger partial charge in [0.15, 0.2) is 0 Å². The van der Waals surface area contributed by atoms with Gasteiger partial charge in [0.2, 0.25) is 0 Å². The number of quaternary nitrogens is 1. The van der Waals surface area contributed by atoms with Gasteiger partial charge in [-0.3, -0.25) is 0 Å². The zero-order chi connectivity index (χ0) is 25.0. The number of allylic oxidation sites excluding steroid dienone is 4. The monoisotopic (exact) mass is 477 g/mol. The lowest BCUT2D eigenvalue weighted by Gasteiger charge is -2.18. The highest BCUT2D eigenvalue weighted by Gasteiger charge is 2.10. The van der Waals surface area contributed by atoms with Crippen molar-refractivity contribution < 1.29 is 4.90 Å². The summed E-state index contributed by atoms with van der Waals surface area (Å²) in [6.07, 6.45) is 41.8. The van der Waals surface area contributed by atoms with Crippen LogP contribution in [-0.2, 0) is 0 Å². The van der Waals surface area contributed by atoms with E-state index < -0.39 is 0 Å². The minimum absolute atomic E-state index is 0.989. The lowest BCUT2D eigenvalue weighted by atomic mass is 9.91. The Balaban J connectivity index is 3.61. The van der Waals surface area contributed by atoms with Crippen molar-refractivity contribution in [1.82, 2.24) is 0 Å². The van der Waals surface area contributed by atoms with E-state index in [4.69, 9.17) is 0 Å². The molecule has 0 radical (unpaired) electrons. The number of nitrogens with one attached hydrogen (secondary N) is 1. The summed E-state index contributed by atoms with van der Waals surface area (Å²) in [5.74, 6) is 0.989. The van der Waals surface area contributed by atoms with Gasteiger partial charge in [0.05, 0.1) is 20.6 Å². The largest absolute Gasteiger partial charge is 0.340 e. The topological polar surface area (TPSA) is 4.44 Å². The average molecular weight is 477 g/mol. The van der Waals surface area contributed by atoms with E-state index in [0.717, 1.165) is 12.3 Å². The lowest BCUT2D eigenvalue weighted by Crippen LogP contribution is -3.05. The molecule has 202 valence electrons. The van der Waals surface area contributed by atoms with Crippen molar-refractivity contribution in [1.29, 1.82) is 0 Å². The van der Waals surface area contributed by atoms with Crippen LogP contribution in [0.2, 0.25) is 0 Å². The first-order valence-electron chi connectivity index (χ1n) is 15.8. The van der Waals surface area contributed by atoms with Crippen LogP contribution in [0.5, 0.6) is 0 Å². The van der Waals surface area contributed by atoms with E-state index in [2.05, 4.69) is 52.2 Å². The maximum absolute atomic E-state index is 2.40. The highest BCUT2D eigenvalue weighted by molar-refractivity contribution is 4.92. The van der Waals surface area contributed by atoms with Crippen LogP contribution in [-0.4, -0.2) is 20.6 Å². The zero-order valence-corrected chi connectivity index (χ0v) is 24.4. The van der Waals surface area contributed by atoms with Crippen LogP contribution in [0.1, 0.15) is 162 Å². The van der Waals surface area contributed by atoms with Crippen molar-refractivity contribution in [2.75, 3.05) is 20.6 Å². The van der Waals surface area contributed by atoms with Gasteiger partial charge < -0.3 is 4.90 Å². The Labute approximate surface area is 217 Å². The summed E-state index contributed by atoms with van der Waals surface area (Å²) in [5, 5.41) is 0. The van der Waals surface area contributed by atoms with E-state index in [1.807, 2.05) is 0 Å². The van der Waals surface area contributed by atoms with Crippen LogP contribution < -0.4 is 4.90 Å². The summed E-state index contributed by atoms with van der Waals surface area (Å²) >= 11 is 0. The maximum atomic E-state index is 2.40. The molecule has 0 fully saturated rings. The molecule has 0 saturated carbocycles. The van der Waals surface area contributed by atoms with Crippen LogP contribution >= 0.6 is 0 Å². The van der Waals surface area contributed by atoms with Crippen molar-refractivity contribution in [3.8, 4) is 0 Å². The number of unbranched alkanes of at least 4 members (excludes halogenated alkanes) is 16. The van der Waals surface area contributed by atoms with E-state index in [9.17, 15) is 0 Å². The molecule has 0 saturated heterocycles. The maximum Gasteiger partial charge on any atom is 0.0769 e. The van der Waals surface area contributed by atoms with E-state index in [1.54, 1.807) is 4.90 Å². The van der Waals surface area contributed by atoms with Crippen molar-refractivity contribution in [2.24, 2.45) is 5.92 Å². The van der Waals surface area contributed by atoms with Gasteiger partial charge >= 0.3 is 0 Å². The Bertz CT molecular complexity index is 422. The number of rotatable bonds is 27. The molecular formula is C33H66N+. The predicted octanol–water partition coefficient (Wildman–Crippen LogP) is 9.87. The standard InChI is InChI=1S/C33H65N/c1-5-7-9-11-13-14-15-16-17-18-19-20-21-22-24-26-28-30-33(31-32-34(3)4)29-27-25-23-12-10-8-6-2/h13-14,16-17,33H,5-12,15,18-32H2,1-4H3/p+1/b14-13-,17-16-. The van der Waals surface area contributed by atoms with Crippen LogP contribution in [0.4, 0.5) is 0 Å². The van der Waals surface area contributed by atoms with Crippen LogP contribution in [0, 0.1) is 5.92 Å². The molecule has 0 spiro atoms. The molecule has 0 aromatic heterocycles. The molecule has 0 rings (SSSR count). The first kappa shape index (κ1) is 33.4. The Morgan fingerprint density at radius 1 is 0.471 bits per heavy atom. The van der Waals surface area contributed by atoms with E-state index in [0.29, 0.717) is 0 Å². The second-order valence-electron chi connectivity index (χ2n) is 11.2. The zero-order valence-electron chi connectivity index (χ0n) is 24.4. The molecule has 0 aromatic carbocycles. The van der Waals surface area contributed by atoms with Gasteiger partial charge in [-0.2, -0.15) is 0 Å². The predicted molar refractivity (Wildman–Crippen MR) is 157 cm³/mol. The molecule has 1 N–H and O–H groups in total. The molecule has 0 aliphatic heterocycles. The third-order valence-corrected chi connectivity index (χ3v) is 7.33. The molecular weight excluding hydrogens is 410 g/mol. The molecule has 0 amide bonds. The van der Waals surface area contributed by atoms with Gasteiger partial charge in [-0.25, -0.2) is 0 Å². The molecule has 0 heterocycles. The van der Waals surface area contributed by atoms with Gasteiger partial charge in [-0.1, -0.05) is 147 Å². The molecule has 0 aromatic rings. The number of hydrogen-bond acceptors (Lipinski definition) is 0. The summed E-state index contributed by atoms with van der Waals surface area (Å²) in [6, 6.07) is 0. The highest BCUT2D eigenvalue weighted by atomic mass is 15.0. The van der Waals surface area contributed by atoms with E-state index >= 15 is 0 Å². The fraction of sp³-hybridized carbons (Fsp3) is 0.879. The Morgan fingerprint density at radius 3 is 1.38 bits per heavy atom. The smallest absolute Gasteiger partial charge is 0.0769 e. The molecule has 1 unspecified atom stereocenters. The van der Waals surface area contributed by atoms with Gasteiger partial charge in [-0.05, 0) is 44.4 Å². The summed E-state index contributed by atoms with van der Waals surface area (Å²) in [7, 11) is 4.63. The second kappa shape index (κ2) is 28.7. The fourth-order valence-corrected chi connectivity index (χ4v) is 4.91. The van der Waals surface area contributed by atoms with Crippen LogP contribution in [0.15, 0.2) is 24.3 Å². The summed E-state index contributed by atoms with van der Waals surface area (Å²) < 4.78 is 0. The van der Waals surface area contributed by atoms with Gasteiger partial charge in [0.1, 0.15) is 0 Å². The molecule has 1 nitrogen and oxygen atoms in total. The Hall–Kier alpha value is -0.560. The summed E-state index contributed by atoms with van der Waals surface area (Å²) in [6.45, 7) is 5.94. The van der Waals surface area contributed by atoms with Crippen LogP contribution in [0.25, 0.3) is 0 Å². The molecule has 1 heteroatoms. The number of hydrogen-bond donors (Lipinski definition) is 1. The Morgan fingerprint density at radius 2 is 0.882 bits per heavy atom. The third-order valence-electron chi connectivity index (χ3n) is 7.33. The minimum Gasteiger partial charge on any atom is -0.340 e. The highest BCUT2D eigenvalue weighted by Crippen LogP contribution is 2.21. The lowest BCUT2D eigenvalue weighted by molar-refractivity contribution is -0.858. The van der Waals surface area contributed by atoms with Crippen molar-refractivity contribution >= 4 is 0 Å². The van der Waals surface area contributed by atoms with Gasteiger partial charge in [-0.15, -0.1) is 0 Å². The second-order valence-corrected chi connectivity index (χ2v) is 11.2. The quantitative estimate of drug-likeness (QED) is 0.0888. The molecule has 1 atom stereocenters. The first-order valence-corrected chi connectivity index (χ1v) is 15.8. The first-order chi connectivity index (χ1) is 16.7. The molecule has 34 heavy (non-hydrogen) atoms. The van der Waals surface area contributed by atoms with E-state index in [1.165, 1.54) is 148 Å². The normalized spacial score (nSPS) is 13.1. The van der Waals surface area contributed by atoms with Crippen molar-refractivity contribution in [3.05, 3.63) is 24.3 Å². The fourth-order valence-electron chi connectivity index (χ4n) is 4.91.